The van der Waals surface area contributed by atoms with E-state index >= 15 is 0 Å². The summed E-state index contributed by atoms with van der Waals surface area (Å²) in [4.78, 5) is 11.2. The van der Waals surface area contributed by atoms with Gasteiger partial charge in [-0.25, -0.2) is 4.79 Å². The Balaban J connectivity index is 1.91. The van der Waals surface area contributed by atoms with Crippen molar-refractivity contribution in [2.24, 2.45) is 0 Å². The van der Waals surface area contributed by atoms with Crippen molar-refractivity contribution in [3.63, 3.8) is 0 Å². The molecule has 0 heterocycles. The molecule has 0 aliphatic heterocycles. The number of rotatable bonds is 10. The molecule has 2 heteroatoms. The number of hydrogen-bond donors (Lipinski definition) is 1. The number of benzene rings is 2. The van der Waals surface area contributed by atoms with Gasteiger partial charge in [0.05, 0.1) is 5.56 Å². The minimum Gasteiger partial charge on any atom is -0.478 e. The van der Waals surface area contributed by atoms with Crippen LogP contribution in [0.15, 0.2) is 36.4 Å². The molecule has 33 heavy (non-hydrogen) atoms. The van der Waals surface area contributed by atoms with Crippen LogP contribution in [-0.2, 0) is 17.3 Å². The molecular formula is C31H42O2. The smallest absolute Gasteiger partial charge is 0.335 e. The molecule has 1 N–H and O–H groups in total. The Morgan fingerprint density at radius 2 is 1.42 bits per heavy atom. The largest absolute Gasteiger partial charge is 0.478 e. The first kappa shape index (κ1) is 25.3. The zero-order chi connectivity index (χ0) is 24.1. The third-order valence-corrected chi connectivity index (χ3v) is 7.53. The van der Waals surface area contributed by atoms with E-state index in [-0.39, 0.29) is 10.8 Å². The number of carboxylic acid groups (broad SMARTS) is 1. The van der Waals surface area contributed by atoms with Crippen LogP contribution >= 0.6 is 0 Å². The van der Waals surface area contributed by atoms with Crippen LogP contribution < -0.4 is 0 Å². The van der Waals surface area contributed by atoms with Crippen molar-refractivity contribution in [3.05, 3.63) is 69.8 Å². The van der Waals surface area contributed by atoms with Gasteiger partial charge in [-0.3, -0.25) is 0 Å². The van der Waals surface area contributed by atoms with Gasteiger partial charge in [-0.15, -0.1) is 0 Å². The molecule has 0 spiro atoms. The van der Waals surface area contributed by atoms with Crippen LogP contribution in [0.4, 0.5) is 0 Å². The highest BCUT2D eigenvalue weighted by Gasteiger charge is 2.37. The molecule has 0 atom stereocenters. The van der Waals surface area contributed by atoms with Crippen LogP contribution in [0.3, 0.4) is 0 Å². The van der Waals surface area contributed by atoms with Gasteiger partial charge in [0.2, 0.25) is 0 Å². The highest BCUT2D eigenvalue weighted by Crippen LogP contribution is 2.47. The first-order chi connectivity index (χ1) is 15.6. The fraction of sp³-hybridized carbons (Fsp3) is 0.516. The topological polar surface area (TPSA) is 37.3 Å². The molecule has 3 rings (SSSR count). The van der Waals surface area contributed by atoms with E-state index in [1.165, 1.54) is 73.6 Å². The normalized spacial score (nSPS) is 16.6. The van der Waals surface area contributed by atoms with Gasteiger partial charge < -0.3 is 5.11 Å². The second kappa shape index (κ2) is 10.7. The molecule has 0 radical (unpaired) electrons. The lowest BCUT2D eigenvalue weighted by Crippen LogP contribution is -2.34. The predicted molar refractivity (Wildman–Crippen MR) is 141 cm³/mol. The third-order valence-electron chi connectivity index (χ3n) is 7.53. The van der Waals surface area contributed by atoms with E-state index in [1.54, 1.807) is 12.1 Å². The van der Waals surface area contributed by atoms with Crippen LogP contribution in [0.1, 0.15) is 124 Å². The van der Waals surface area contributed by atoms with Crippen LogP contribution in [0.25, 0.3) is 12.2 Å². The minimum atomic E-state index is -0.883. The quantitative estimate of drug-likeness (QED) is 0.292. The zero-order valence-electron chi connectivity index (χ0n) is 21.3. The van der Waals surface area contributed by atoms with E-state index in [2.05, 4.69) is 58.9 Å². The Morgan fingerprint density at radius 3 is 2.03 bits per heavy atom. The molecule has 0 amide bonds. The van der Waals surface area contributed by atoms with E-state index in [1.807, 2.05) is 12.1 Å². The summed E-state index contributed by atoms with van der Waals surface area (Å²) in [5.74, 6) is -0.883. The van der Waals surface area contributed by atoms with Gasteiger partial charge in [-0.1, -0.05) is 103 Å². The van der Waals surface area contributed by atoms with E-state index in [9.17, 15) is 4.79 Å². The molecule has 178 valence electrons. The number of carbonyl (C=O) groups is 1. The monoisotopic (exact) mass is 446 g/mol. The number of unbranched alkanes of at least 4 members (excludes halogenated alkanes) is 5. The van der Waals surface area contributed by atoms with Crippen molar-refractivity contribution in [2.45, 2.75) is 103 Å². The van der Waals surface area contributed by atoms with Crippen molar-refractivity contribution >= 4 is 18.1 Å². The SMILES string of the molecule is CCCCCCCCc1cc2c(cc1/C=C/c1ccc(C(=O)O)cc1)C(C)(C)CCC2(C)C. The summed E-state index contributed by atoms with van der Waals surface area (Å²) in [6.45, 7) is 11.8. The number of aryl methyl sites for hydroxylation is 1. The van der Waals surface area contributed by atoms with E-state index in [0.29, 0.717) is 5.56 Å². The van der Waals surface area contributed by atoms with E-state index < -0.39 is 5.97 Å². The van der Waals surface area contributed by atoms with Crippen molar-refractivity contribution < 1.29 is 9.90 Å². The number of carboxylic acids is 1. The highest BCUT2D eigenvalue weighted by molar-refractivity contribution is 5.88. The molecule has 0 saturated carbocycles. The fourth-order valence-electron chi connectivity index (χ4n) is 5.07. The van der Waals surface area contributed by atoms with Crippen molar-refractivity contribution in [2.75, 3.05) is 0 Å². The van der Waals surface area contributed by atoms with E-state index in [4.69, 9.17) is 5.11 Å². The molecule has 0 saturated heterocycles. The first-order valence-corrected chi connectivity index (χ1v) is 12.8. The van der Waals surface area contributed by atoms with Gasteiger partial charge >= 0.3 is 5.97 Å². The summed E-state index contributed by atoms with van der Waals surface area (Å²) in [7, 11) is 0. The minimum absolute atomic E-state index is 0.190. The molecule has 2 aromatic rings. The maximum Gasteiger partial charge on any atom is 0.335 e. The summed E-state index contributed by atoms with van der Waals surface area (Å²) in [5.41, 5.74) is 7.56. The molecule has 1 aliphatic rings. The Labute approximate surface area is 201 Å². The first-order valence-electron chi connectivity index (χ1n) is 12.8. The summed E-state index contributed by atoms with van der Waals surface area (Å²) in [6, 6.07) is 12.1. The second-order valence-electron chi connectivity index (χ2n) is 11.1. The lowest BCUT2D eigenvalue weighted by Gasteiger charge is -2.42. The highest BCUT2D eigenvalue weighted by atomic mass is 16.4. The van der Waals surface area contributed by atoms with Crippen molar-refractivity contribution in [1.82, 2.24) is 0 Å². The van der Waals surface area contributed by atoms with Crippen LogP contribution in [0, 0.1) is 0 Å². The maximum absolute atomic E-state index is 11.2. The summed E-state index contributed by atoms with van der Waals surface area (Å²) < 4.78 is 0. The molecule has 0 aromatic heterocycles. The third kappa shape index (κ3) is 6.37. The Morgan fingerprint density at radius 1 is 0.848 bits per heavy atom. The molecular weight excluding hydrogens is 404 g/mol. The summed E-state index contributed by atoms with van der Waals surface area (Å²) in [6.07, 6.45) is 15.8. The van der Waals surface area contributed by atoms with Crippen LogP contribution in [0.2, 0.25) is 0 Å². The van der Waals surface area contributed by atoms with Crippen LogP contribution in [0.5, 0.6) is 0 Å². The predicted octanol–water partition coefficient (Wildman–Crippen LogP) is 8.81. The molecule has 0 bridgehead atoms. The van der Waals surface area contributed by atoms with E-state index in [0.717, 1.165) is 12.0 Å². The number of aromatic carboxylic acids is 1. The van der Waals surface area contributed by atoms with Gasteiger partial charge in [0.25, 0.3) is 0 Å². The Kier molecular flexibility index (Phi) is 8.21. The van der Waals surface area contributed by atoms with Gasteiger partial charge in [0.15, 0.2) is 0 Å². The van der Waals surface area contributed by atoms with Gasteiger partial charge in [-0.05, 0) is 76.5 Å². The fourth-order valence-corrected chi connectivity index (χ4v) is 5.07. The summed E-state index contributed by atoms with van der Waals surface area (Å²) >= 11 is 0. The Bertz CT molecular complexity index is 977. The van der Waals surface area contributed by atoms with Crippen molar-refractivity contribution in [3.8, 4) is 0 Å². The van der Waals surface area contributed by atoms with Gasteiger partial charge in [-0.2, -0.15) is 0 Å². The van der Waals surface area contributed by atoms with Gasteiger partial charge in [0.1, 0.15) is 0 Å². The summed E-state index contributed by atoms with van der Waals surface area (Å²) in [5, 5.41) is 9.16. The number of fused-ring (bicyclic) bond motifs is 1. The van der Waals surface area contributed by atoms with Crippen LogP contribution in [-0.4, -0.2) is 11.1 Å². The average Bonchev–Trinajstić information content (AvgIpc) is 2.78. The van der Waals surface area contributed by atoms with Gasteiger partial charge in [0, 0.05) is 0 Å². The molecule has 2 aromatic carbocycles. The lowest BCUT2D eigenvalue weighted by atomic mass is 9.62. The average molecular weight is 447 g/mol. The molecule has 2 nitrogen and oxygen atoms in total. The molecule has 0 fully saturated rings. The maximum atomic E-state index is 11.2. The number of hydrogen-bond acceptors (Lipinski definition) is 1. The molecule has 1 aliphatic carbocycles. The standard InChI is InChI=1S/C31H42O2/c1-6-7-8-9-10-11-12-25-21-27-28(31(4,5)20-19-30(27,2)3)22-26(25)18-15-23-13-16-24(17-14-23)29(32)33/h13-18,21-22H,6-12,19-20H2,1-5H3,(H,32,33)/b18-15+. The second-order valence-corrected chi connectivity index (χ2v) is 11.1. The Hall–Kier alpha value is -2.35. The lowest BCUT2D eigenvalue weighted by molar-refractivity contribution is 0.0697. The zero-order valence-corrected chi connectivity index (χ0v) is 21.3. The molecule has 0 unspecified atom stereocenters. The van der Waals surface area contributed by atoms with Crippen molar-refractivity contribution in [1.29, 1.82) is 0 Å².